The lowest BCUT2D eigenvalue weighted by Gasteiger charge is -2.08. The molecule has 2 aromatic heterocycles. The van der Waals surface area contributed by atoms with E-state index < -0.39 is 6.04 Å². The largest absolute Gasteiger partial charge is 0.337 e. The van der Waals surface area contributed by atoms with Crippen molar-refractivity contribution in [1.29, 1.82) is 0 Å². The van der Waals surface area contributed by atoms with Crippen LogP contribution in [0.2, 0.25) is 5.02 Å². The molecule has 3 aromatic rings. The zero-order valence-electron chi connectivity index (χ0n) is 9.62. The van der Waals surface area contributed by atoms with Crippen molar-refractivity contribution in [2.75, 3.05) is 0 Å². The van der Waals surface area contributed by atoms with E-state index in [-0.39, 0.29) is 5.89 Å². The van der Waals surface area contributed by atoms with E-state index in [1.54, 1.807) is 6.07 Å². The van der Waals surface area contributed by atoms with Crippen LogP contribution in [0.5, 0.6) is 0 Å². The number of aromatic nitrogens is 5. The third-order valence-corrected chi connectivity index (χ3v) is 2.92. The topological polar surface area (TPSA) is 107 Å². The third-order valence-electron chi connectivity index (χ3n) is 2.57. The maximum atomic E-state index is 6.08. The van der Waals surface area contributed by atoms with Gasteiger partial charge in [-0.05, 0) is 11.6 Å². The van der Waals surface area contributed by atoms with E-state index in [1.165, 1.54) is 6.33 Å². The molecule has 1 atom stereocenters. The number of nitrogens with one attached hydrogen (secondary N) is 1. The van der Waals surface area contributed by atoms with Gasteiger partial charge in [-0.2, -0.15) is 10.1 Å². The number of halogens is 1. The van der Waals surface area contributed by atoms with Gasteiger partial charge in [0, 0.05) is 5.02 Å². The number of benzene rings is 1. The van der Waals surface area contributed by atoms with Gasteiger partial charge in [-0.3, -0.25) is 5.10 Å². The van der Waals surface area contributed by atoms with Gasteiger partial charge in [-0.15, -0.1) is 0 Å². The Kier molecular flexibility index (Phi) is 2.98. The standard InChI is InChI=1S/C11H9ClN6O/c12-7-4-2-1-3-6(7)8(13)11-16-10(18-19-11)9-14-5-15-17-9/h1-5,8H,13H2,(H,14,15,17)/t8-/m1/s1. The van der Waals surface area contributed by atoms with Crippen LogP contribution in [0.15, 0.2) is 35.1 Å². The van der Waals surface area contributed by atoms with Crippen LogP contribution in [0.4, 0.5) is 0 Å². The molecule has 0 aliphatic carbocycles. The molecule has 0 fully saturated rings. The molecule has 2 heterocycles. The van der Waals surface area contributed by atoms with E-state index in [0.717, 1.165) is 5.56 Å². The van der Waals surface area contributed by atoms with Gasteiger partial charge in [0.05, 0.1) is 0 Å². The third kappa shape index (κ3) is 2.20. The molecule has 0 unspecified atom stereocenters. The number of nitrogens with two attached hydrogens (primary N) is 1. The minimum Gasteiger partial charge on any atom is -0.337 e. The fourth-order valence-corrected chi connectivity index (χ4v) is 1.88. The lowest BCUT2D eigenvalue weighted by atomic mass is 10.1. The highest BCUT2D eigenvalue weighted by Gasteiger charge is 2.20. The van der Waals surface area contributed by atoms with Crippen molar-refractivity contribution in [3.63, 3.8) is 0 Å². The molecule has 0 bridgehead atoms. The predicted octanol–water partition coefficient (Wildman–Crippen LogP) is 1.56. The Hall–Kier alpha value is -2.25. The van der Waals surface area contributed by atoms with Crippen LogP contribution in [-0.4, -0.2) is 25.3 Å². The van der Waals surface area contributed by atoms with Gasteiger partial charge >= 0.3 is 0 Å². The van der Waals surface area contributed by atoms with Crippen LogP contribution in [0.1, 0.15) is 17.5 Å². The summed E-state index contributed by atoms with van der Waals surface area (Å²) in [6.45, 7) is 0. The van der Waals surface area contributed by atoms with Crippen LogP contribution in [0.25, 0.3) is 11.6 Å². The summed E-state index contributed by atoms with van der Waals surface area (Å²) < 4.78 is 5.13. The second-order valence-electron chi connectivity index (χ2n) is 3.79. The Labute approximate surface area is 112 Å². The summed E-state index contributed by atoms with van der Waals surface area (Å²) in [5.74, 6) is 0.982. The number of hydrogen-bond acceptors (Lipinski definition) is 6. The highest BCUT2D eigenvalue weighted by Crippen LogP contribution is 2.26. The van der Waals surface area contributed by atoms with Gasteiger partial charge in [-0.1, -0.05) is 35.0 Å². The van der Waals surface area contributed by atoms with Gasteiger partial charge in [-0.25, -0.2) is 4.98 Å². The quantitative estimate of drug-likeness (QED) is 0.752. The van der Waals surface area contributed by atoms with Crippen molar-refractivity contribution in [2.24, 2.45) is 5.73 Å². The fraction of sp³-hybridized carbons (Fsp3) is 0.0909. The lowest BCUT2D eigenvalue weighted by Crippen LogP contribution is -2.12. The van der Waals surface area contributed by atoms with E-state index in [2.05, 4.69) is 25.3 Å². The molecule has 0 saturated carbocycles. The number of rotatable bonds is 3. The van der Waals surface area contributed by atoms with Crippen molar-refractivity contribution >= 4 is 11.6 Å². The summed E-state index contributed by atoms with van der Waals surface area (Å²) in [5.41, 5.74) is 6.78. The van der Waals surface area contributed by atoms with E-state index in [9.17, 15) is 0 Å². The molecule has 0 spiro atoms. The van der Waals surface area contributed by atoms with Gasteiger partial charge in [0.25, 0.3) is 0 Å². The molecule has 0 aliphatic rings. The van der Waals surface area contributed by atoms with E-state index in [0.29, 0.717) is 16.7 Å². The molecule has 8 heteroatoms. The Morgan fingerprint density at radius 3 is 2.89 bits per heavy atom. The molecule has 0 amide bonds. The highest BCUT2D eigenvalue weighted by molar-refractivity contribution is 6.31. The number of H-pyrrole nitrogens is 1. The van der Waals surface area contributed by atoms with Gasteiger partial charge < -0.3 is 10.3 Å². The maximum Gasteiger partial charge on any atom is 0.248 e. The number of hydrogen-bond donors (Lipinski definition) is 2. The normalized spacial score (nSPS) is 12.5. The lowest BCUT2D eigenvalue weighted by molar-refractivity contribution is 0.367. The first-order chi connectivity index (χ1) is 9.25. The minimum atomic E-state index is -0.585. The molecule has 0 saturated heterocycles. The Morgan fingerprint density at radius 2 is 2.16 bits per heavy atom. The van der Waals surface area contributed by atoms with Crippen LogP contribution in [-0.2, 0) is 0 Å². The molecular weight excluding hydrogens is 268 g/mol. The van der Waals surface area contributed by atoms with Crippen molar-refractivity contribution in [3.8, 4) is 11.6 Å². The van der Waals surface area contributed by atoms with Crippen LogP contribution >= 0.6 is 11.6 Å². The molecule has 96 valence electrons. The first-order valence-electron chi connectivity index (χ1n) is 5.45. The monoisotopic (exact) mass is 276 g/mol. The Bertz CT molecular complexity index is 680. The molecule has 1 aromatic carbocycles. The van der Waals surface area contributed by atoms with Gasteiger partial charge in [0.2, 0.25) is 11.7 Å². The van der Waals surface area contributed by atoms with Crippen molar-refractivity contribution < 1.29 is 4.52 Å². The summed E-state index contributed by atoms with van der Waals surface area (Å²) >= 11 is 6.08. The first-order valence-corrected chi connectivity index (χ1v) is 5.83. The van der Waals surface area contributed by atoms with Crippen molar-refractivity contribution in [1.82, 2.24) is 25.3 Å². The van der Waals surface area contributed by atoms with Crippen LogP contribution < -0.4 is 5.73 Å². The fourth-order valence-electron chi connectivity index (χ4n) is 1.63. The maximum absolute atomic E-state index is 6.08. The van der Waals surface area contributed by atoms with Crippen LogP contribution in [0, 0.1) is 0 Å². The molecule has 3 rings (SSSR count). The van der Waals surface area contributed by atoms with E-state index in [1.807, 2.05) is 18.2 Å². The molecule has 0 radical (unpaired) electrons. The smallest absolute Gasteiger partial charge is 0.248 e. The van der Waals surface area contributed by atoms with Gasteiger partial charge in [0.15, 0.2) is 5.82 Å². The zero-order valence-corrected chi connectivity index (χ0v) is 10.4. The first kappa shape index (κ1) is 11.8. The molecule has 0 aliphatic heterocycles. The van der Waals surface area contributed by atoms with E-state index in [4.69, 9.17) is 21.9 Å². The Morgan fingerprint density at radius 1 is 1.32 bits per heavy atom. The second kappa shape index (κ2) is 4.79. The van der Waals surface area contributed by atoms with Crippen LogP contribution in [0.3, 0.4) is 0 Å². The highest BCUT2D eigenvalue weighted by atomic mass is 35.5. The summed E-state index contributed by atoms with van der Waals surface area (Å²) in [6, 6.07) is 6.65. The number of aromatic amines is 1. The second-order valence-corrected chi connectivity index (χ2v) is 4.20. The van der Waals surface area contributed by atoms with Crippen molar-refractivity contribution in [3.05, 3.63) is 47.1 Å². The molecule has 3 N–H and O–H groups in total. The SMILES string of the molecule is N[C@@H](c1nc(-c2ncn[nH]2)no1)c1ccccc1Cl. The average molecular weight is 277 g/mol. The summed E-state index contributed by atoms with van der Waals surface area (Å²) in [7, 11) is 0. The molecule has 7 nitrogen and oxygen atoms in total. The number of nitrogens with zero attached hydrogens (tertiary/aromatic N) is 4. The molecule has 19 heavy (non-hydrogen) atoms. The minimum absolute atomic E-state index is 0.263. The zero-order chi connectivity index (χ0) is 13.2. The summed E-state index contributed by atoms with van der Waals surface area (Å²) in [4.78, 5) is 8.11. The average Bonchev–Trinajstić information content (AvgIpc) is 3.09. The predicted molar refractivity (Wildman–Crippen MR) is 67.2 cm³/mol. The van der Waals surface area contributed by atoms with Crippen molar-refractivity contribution in [2.45, 2.75) is 6.04 Å². The summed E-state index contributed by atoms with van der Waals surface area (Å²) in [6.07, 6.45) is 1.36. The summed E-state index contributed by atoms with van der Waals surface area (Å²) in [5, 5.41) is 10.7. The van der Waals surface area contributed by atoms with Gasteiger partial charge in [0.1, 0.15) is 12.4 Å². The molecular formula is C11H9ClN6O. The van der Waals surface area contributed by atoms with E-state index >= 15 is 0 Å². The Balaban J connectivity index is 1.93.